The molecule has 1 aromatic heterocycles. The number of benzene rings is 1. The van der Waals surface area contributed by atoms with E-state index in [-0.39, 0.29) is 17.3 Å². The van der Waals surface area contributed by atoms with Crippen molar-refractivity contribution < 1.29 is 27.2 Å². The second-order valence-corrected chi connectivity index (χ2v) is 9.29. The highest BCUT2D eigenvalue weighted by molar-refractivity contribution is 7.91. The minimum atomic E-state index is -3.15. The Balaban J connectivity index is 1.65. The van der Waals surface area contributed by atoms with Crippen molar-refractivity contribution in [2.45, 2.75) is 25.8 Å². The lowest BCUT2D eigenvalue weighted by molar-refractivity contribution is -0.125. The first kappa shape index (κ1) is 18.7. The van der Waals surface area contributed by atoms with Gasteiger partial charge in [0.05, 0.1) is 22.1 Å². The zero-order chi connectivity index (χ0) is 19.1. The van der Waals surface area contributed by atoms with Crippen LogP contribution in [0.1, 0.15) is 29.5 Å². The topological polar surface area (TPSA) is 103 Å². The van der Waals surface area contributed by atoms with Crippen LogP contribution in [0.4, 0.5) is 0 Å². The predicted octanol–water partition coefficient (Wildman–Crippen LogP) is 2.24. The van der Waals surface area contributed by atoms with Crippen LogP contribution in [-0.2, 0) is 19.4 Å². The van der Waals surface area contributed by atoms with Gasteiger partial charge in [0.25, 0.3) is 5.91 Å². The van der Waals surface area contributed by atoms with Gasteiger partial charge < -0.3 is 14.5 Å². The Kier molecular flexibility index (Phi) is 4.74. The summed E-state index contributed by atoms with van der Waals surface area (Å²) in [7, 11) is -3.15. The second-order valence-electron chi connectivity index (χ2n) is 6.70. The fourth-order valence-corrected chi connectivity index (χ4v) is 5.39. The third kappa shape index (κ3) is 3.71. The SMILES string of the molecule is Cc1c(C(=O)OCC(=O)NC2(C)CCS(=O)(=O)C2)oc2c(Cl)cccc12. The summed E-state index contributed by atoms with van der Waals surface area (Å²) in [6, 6.07) is 5.16. The van der Waals surface area contributed by atoms with Crippen LogP contribution in [0, 0.1) is 6.92 Å². The Bertz CT molecular complexity index is 996. The molecule has 2 aromatic rings. The van der Waals surface area contributed by atoms with Crippen LogP contribution in [-0.4, -0.2) is 43.9 Å². The van der Waals surface area contributed by atoms with Gasteiger partial charge in [0.2, 0.25) is 5.76 Å². The first-order valence-corrected chi connectivity index (χ1v) is 10.2. The van der Waals surface area contributed by atoms with Gasteiger partial charge in [-0.05, 0) is 26.3 Å². The molecule has 2 heterocycles. The summed E-state index contributed by atoms with van der Waals surface area (Å²) in [6.07, 6.45) is 0.330. The number of amides is 1. The minimum absolute atomic E-state index is 0.0180. The lowest BCUT2D eigenvalue weighted by Gasteiger charge is -2.23. The van der Waals surface area contributed by atoms with Crippen LogP contribution in [0.25, 0.3) is 11.0 Å². The van der Waals surface area contributed by atoms with E-state index in [1.807, 2.05) is 0 Å². The van der Waals surface area contributed by atoms with Gasteiger partial charge >= 0.3 is 5.97 Å². The number of carbonyl (C=O) groups excluding carboxylic acids is 2. The third-order valence-corrected chi connectivity index (χ3v) is 6.58. The summed E-state index contributed by atoms with van der Waals surface area (Å²) in [6.45, 7) is 2.82. The van der Waals surface area contributed by atoms with Crippen LogP contribution in [0.5, 0.6) is 0 Å². The number of esters is 1. The van der Waals surface area contributed by atoms with E-state index in [4.69, 9.17) is 20.8 Å². The molecule has 1 aromatic carbocycles. The summed E-state index contributed by atoms with van der Waals surface area (Å²) in [5.41, 5.74) is 0.110. The molecular weight excluding hydrogens is 382 g/mol. The van der Waals surface area contributed by atoms with Gasteiger partial charge in [-0.1, -0.05) is 23.7 Å². The maximum absolute atomic E-state index is 12.2. The Hall–Kier alpha value is -2.06. The van der Waals surface area contributed by atoms with E-state index < -0.39 is 33.9 Å². The van der Waals surface area contributed by atoms with Crippen molar-refractivity contribution in [3.63, 3.8) is 0 Å². The molecule has 0 saturated carbocycles. The van der Waals surface area contributed by atoms with Gasteiger partial charge in [-0.25, -0.2) is 13.2 Å². The van der Waals surface area contributed by atoms with Gasteiger partial charge in [0.15, 0.2) is 22.0 Å². The first-order valence-electron chi connectivity index (χ1n) is 7.96. The van der Waals surface area contributed by atoms with Crippen LogP contribution >= 0.6 is 11.6 Å². The number of furan rings is 1. The highest BCUT2D eigenvalue weighted by atomic mass is 35.5. The molecule has 9 heteroatoms. The molecule has 1 amide bonds. The Morgan fingerprint density at radius 2 is 2.12 bits per heavy atom. The number of fused-ring (bicyclic) bond motifs is 1. The number of hydrogen-bond donors (Lipinski definition) is 1. The standard InChI is InChI=1S/C17H18ClNO6S/c1-10-11-4-3-5-12(18)15(11)25-14(10)16(21)24-8-13(20)19-17(2)6-7-26(22,23)9-17/h3-5H,6-9H2,1-2H3,(H,19,20). The monoisotopic (exact) mass is 399 g/mol. The van der Waals surface area contributed by atoms with E-state index in [1.54, 1.807) is 32.0 Å². The first-order chi connectivity index (χ1) is 12.1. The van der Waals surface area contributed by atoms with E-state index in [1.165, 1.54) is 0 Å². The number of sulfone groups is 1. The Morgan fingerprint density at radius 3 is 2.73 bits per heavy atom. The number of rotatable bonds is 4. The second kappa shape index (κ2) is 6.59. The summed E-state index contributed by atoms with van der Waals surface area (Å²) >= 11 is 6.05. The molecule has 1 aliphatic heterocycles. The molecule has 7 nitrogen and oxygen atoms in total. The molecule has 0 spiro atoms. The van der Waals surface area contributed by atoms with Crippen LogP contribution < -0.4 is 5.32 Å². The van der Waals surface area contributed by atoms with Crippen molar-refractivity contribution in [1.82, 2.24) is 5.32 Å². The lowest BCUT2D eigenvalue weighted by atomic mass is 10.0. The van der Waals surface area contributed by atoms with E-state index in [0.29, 0.717) is 28.0 Å². The molecule has 1 saturated heterocycles. The Morgan fingerprint density at radius 1 is 1.38 bits per heavy atom. The molecule has 1 N–H and O–H groups in total. The van der Waals surface area contributed by atoms with Gasteiger partial charge in [-0.15, -0.1) is 0 Å². The highest BCUT2D eigenvalue weighted by Crippen LogP contribution is 2.31. The minimum Gasteiger partial charge on any atom is -0.450 e. The molecule has 3 rings (SSSR count). The zero-order valence-corrected chi connectivity index (χ0v) is 15.9. The van der Waals surface area contributed by atoms with Crippen LogP contribution in [0.2, 0.25) is 5.02 Å². The summed E-state index contributed by atoms with van der Waals surface area (Å²) in [5, 5.41) is 3.69. The molecular formula is C17H18ClNO6S. The summed E-state index contributed by atoms with van der Waals surface area (Å²) < 4.78 is 33.6. The van der Waals surface area contributed by atoms with Crippen molar-refractivity contribution >= 4 is 44.3 Å². The number of aryl methyl sites for hydroxylation is 1. The van der Waals surface area contributed by atoms with Crippen molar-refractivity contribution in [2.24, 2.45) is 0 Å². The van der Waals surface area contributed by atoms with E-state index >= 15 is 0 Å². The maximum Gasteiger partial charge on any atom is 0.375 e. The highest BCUT2D eigenvalue weighted by Gasteiger charge is 2.39. The maximum atomic E-state index is 12.2. The molecule has 0 bridgehead atoms. The van der Waals surface area contributed by atoms with E-state index in [0.717, 1.165) is 0 Å². The van der Waals surface area contributed by atoms with E-state index in [9.17, 15) is 18.0 Å². The molecule has 1 unspecified atom stereocenters. The van der Waals surface area contributed by atoms with E-state index in [2.05, 4.69) is 5.32 Å². The van der Waals surface area contributed by atoms with Crippen molar-refractivity contribution in [2.75, 3.05) is 18.1 Å². The fourth-order valence-electron chi connectivity index (χ4n) is 3.08. The number of para-hydroxylation sites is 1. The zero-order valence-electron chi connectivity index (χ0n) is 14.3. The summed E-state index contributed by atoms with van der Waals surface area (Å²) in [5.74, 6) is -1.46. The quantitative estimate of drug-likeness (QED) is 0.791. The summed E-state index contributed by atoms with van der Waals surface area (Å²) in [4.78, 5) is 24.3. The molecule has 0 radical (unpaired) electrons. The van der Waals surface area contributed by atoms with Gasteiger partial charge in [-0.3, -0.25) is 4.79 Å². The molecule has 1 atom stereocenters. The van der Waals surface area contributed by atoms with Gasteiger partial charge in [0, 0.05) is 10.9 Å². The lowest BCUT2D eigenvalue weighted by Crippen LogP contribution is -2.48. The largest absolute Gasteiger partial charge is 0.450 e. The number of halogens is 1. The van der Waals surface area contributed by atoms with Crippen LogP contribution in [0.3, 0.4) is 0 Å². The number of hydrogen-bond acceptors (Lipinski definition) is 6. The van der Waals surface area contributed by atoms with Gasteiger partial charge in [0.1, 0.15) is 0 Å². The fraction of sp³-hybridized carbons (Fsp3) is 0.412. The van der Waals surface area contributed by atoms with Crippen molar-refractivity contribution in [3.8, 4) is 0 Å². The predicted molar refractivity (Wildman–Crippen MR) is 96.1 cm³/mol. The average Bonchev–Trinajstić information content (AvgIpc) is 3.03. The Labute approximate surface area is 155 Å². The average molecular weight is 400 g/mol. The molecule has 0 aliphatic carbocycles. The van der Waals surface area contributed by atoms with Crippen LogP contribution in [0.15, 0.2) is 22.6 Å². The van der Waals surface area contributed by atoms with Crippen molar-refractivity contribution in [3.05, 3.63) is 34.5 Å². The van der Waals surface area contributed by atoms with Crippen molar-refractivity contribution in [1.29, 1.82) is 0 Å². The number of ether oxygens (including phenoxy) is 1. The third-order valence-electron chi connectivity index (χ3n) is 4.38. The number of carbonyl (C=O) groups is 2. The normalized spacial score (nSPS) is 21.7. The smallest absolute Gasteiger partial charge is 0.375 e. The molecule has 140 valence electrons. The van der Waals surface area contributed by atoms with Gasteiger partial charge in [-0.2, -0.15) is 0 Å². The molecule has 26 heavy (non-hydrogen) atoms. The number of nitrogens with one attached hydrogen (secondary N) is 1. The molecule has 1 aliphatic rings. The molecule has 1 fully saturated rings.